The second kappa shape index (κ2) is 12.0. The minimum Gasteiger partial charge on any atom is -0.354 e. The van der Waals surface area contributed by atoms with E-state index in [1.54, 1.807) is 13.8 Å². The Morgan fingerprint density at radius 3 is 2.31 bits per heavy atom. The van der Waals surface area contributed by atoms with Crippen molar-refractivity contribution in [2.75, 3.05) is 23.7 Å². The molecule has 0 fully saturated rings. The van der Waals surface area contributed by atoms with Gasteiger partial charge in [0.25, 0.3) is 5.69 Å². The first-order valence-electron chi connectivity index (χ1n) is 11.6. The highest BCUT2D eigenvalue weighted by atomic mass is 32.2. The van der Waals surface area contributed by atoms with Crippen LogP contribution < -0.4 is 9.62 Å². The molecule has 0 saturated carbocycles. The lowest BCUT2D eigenvalue weighted by molar-refractivity contribution is -0.384. The SMILES string of the molecule is Cc1cccc(CN(C(=O)CN(c2cc([N+](=O)[O-])ccc2C)S(C)(=O)=O)C(C)C(=O)NCC(C)C)c1. The van der Waals surface area contributed by atoms with Gasteiger partial charge in [-0.05, 0) is 37.8 Å². The summed E-state index contributed by atoms with van der Waals surface area (Å²) in [5.41, 5.74) is 1.94. The summed E-state index contributed by atoms with van der Waals surface area (Å²) in [7, 11) is -4.00. The highest BCUT2D eigenvalue weighted by molar-refractivity contribution is 7.92. The average molecular weight is 519 g/mol. The minimum atomic E-state index is -4.00. The molecule has 2 amide bonds. The van der Waals surface area contributed by atoms with Crippen LogP contribution in [-0.2, 0) is 26.2 Å². The Labute approximate surface area is 212 Å². The number of nitrogens with zero attached hydrogens (tertiary/aromatic N) is 3. The summed E-state index contributed by atoms with van der Waals surface area (Å²) in [5, 5.41) is 14.1. The molecule has 1 atom stereocenters. The first-order chi connectivity index (χ1) is 16.7. The highest BCUT2D eigenvalue weighted by Crippen LogP contribution is 2.28. The van der Waals surface area contributed by atoms with E-state index in [1.165, 1.54) is 17.0 Å². The van der Waals surface area contributed by atoms with Gasteiger partial charge in [-0.2, -0.15) is 0 Å². The second-order valence-electron chi connectivity index (χ2n) is 9.32. The Hall–Kier alpha value is -3.47. The zero-order valence-electron chi connectivity index (χ0n) is 21.5. The number of aryl methyl sites for hydroxylation is 2. The third-order valence-electron chi connectivity index (χ3n) is 5.64. The van der Waals surface area contributed by atoms with Crippen LogP contribution in [0.1, 0.15) is 37.5 Å². The van der Waals surface area contributed by atoms with Crippen LogP contribution in [0.5, 0.6) is 0 Å². The van der Waals surface area contributed by atoms with E-state index in [1.807, 2.05) is 45.0 Å². The van der Waals surface area contributed by atoms with E-state index in [0.717, 1.165) is 27.8 Å². The molecule has 0 bridgehead atoms. The van der Waals surface area contributed by atoms with Gasteiger partial charge in [-0.1, -0.05) is 49.7 Å². The van der Waals surface area contributed by atoms with Gasteiger partial charge in [0, 0.05) is 25.2 Å². The van der Waals surface area contributed by atoms with E-state index in [0.29, 0.717) is 12.1 Å². The number of carbonyl (C=O) groups is 2. The number of hydrogen-bond donors (Lipinski definition) is 1. The molecule has 0 aliphatic rings. The van der Waals surface area contributed by atoms with Crippen molar-refractivity contribution in [3.63, 3.8) is 0 Å². The monoisotopic (exact) mass is 518 g/mol. The molecule has 0 saturated heterocycles. The standard InChI is InChI=1S/C25H34N4O6S/c1-17(2)14-26-25(31)20(5)27(15-21-9-7-8-18(3)12-21)24(30)16-28(36(6,34)35)23-13-22(29(32)33)11-10-19(23)4/h7-13,17,20H,14-16H2,1-6H3,(H,26,31). The summed E-state index contributed by atoms with van der Waals surface area (Å²) < 4.78 is 26.3. The maximum absolute atomic E-state index is 13.6. The third kappa shape index (κ3) is 7.77. The van der Waals surface area contributed by atoms with Crippen LogP contribution >= 0.6 is 0 Å². The maximum atomic E-state index is 13.6. The van der Waals surface area contributed by atoms with Gasteiger partial charge in [0.15, 0.2) is 0 Å². The van der Waals surface area contributed by atoms with Crippen LogP contribution in [0, 0.1) is 29.9 Å². The van der Waals surface area contributed by atoms with Gasteiger partial charge in [-0.3, -0.25) is 24.0 Å². The van der Waals surface area contributed by atoms with Gasteiger partial charge in [0.1, 0.15) is 12.6 Å². The van der Waals surface area contributed by atoms with Crippen LogP contribution in [-0.4, -0.2) is 55.4 Å². The van der Waals surface area contributed by atoms with Crippen LogP contribution in [0.25, 0.3) is 0 Å². The second-order valence-corrected chi connectivity index (χ2v) is 11.2. The van der Waals surface area contributed by atoms with E-state index in [-0.39, 0.29) is 29.7 Å². The van der Waals surface area contributed by atoms with Crippen LogP contribution in [0.15, 0.2) is 42.5 Å². The van der Waals surface area contributed by atoms with Crippen LogP contribution in [0.4, 0.5) is 11.4 Å². The molecule has 36 heavy (non-hydrogen) atoms. The van der Waals surface area contributed by atoms with E-state index in [4.69, 9.17) is 0 Å². The van der Waals surface area contributed by atoms with E-state index >= 15 is 0 Å². The van der Waals surface area contributed by atoms with Crippen molar-refractivity contribution >= 4 is 33.2 Å². The normalized spacial score (nSPS) is 12.2. The molecule has 2 rings (SSSR count). The molecule has 0 spiro atoms. The molecule has 11 heteroatoms. The molecule has 2 aromatic carbocycles. The van der Waals surface area contributed by atoms with Gasteiger partial charge in [-0.25, -0.2) is 8.42 Å². The fraction of sp³-hybridized carbons (Fsp3) is 0.440. The number of nitro groups is 1. The summed E-state index contributed by atoms with van der Waals surface area (Å²) in [6.07, 6.45) is 0.933. The molecule has 0 aromatic heterocycles. The highest BCUT2D eigenvalue weighted by Gasteiger charge is 2.31. The Bertz CT molecular complexity index is 1230. The number of hydrogen-bond acceptors (Lipinski definition) is 6. The van der Waals surface area contributed by atoms with Gasteiger partial charge in [0.05, 0.1) is 16.9 Å². The molecule has 0 radical (unpaired) electrons. The predicted molar refractivity (Wildman–Crippen MR) is 139 cm³/mol. The van der Waals surface area contributed by atoms with Gasteiger partial charge in [-0.15, -0.1) is 0 Å². The molecule has 1 N–H and O–H groups in total. The van der Waals surface area contributed by atoms with E-state index in [2.05, 4.69) is 5.32 Å². The van der Waals surface area contributed by atoms with Crippen molar-refractivity contribution in [2.24, 2.45) is 5.92 Å². The Balaban J connectivity index is 2.46. The number of nitrogens with one attached hydrogen (secondary N) is 1. The average Bonchev–Trinajstić information content (AvgIpc) is 2.78. The van der Waals surface area contributed by atoms with E-state index < -0.39 is 33.4 Å². The van der Waals surface area contributed by atoms with Crippen molar-refractivity contribution in [2.45, 2.75) is 47.2 Å². The molecule has 10 nitrogen and oxygen atoms in total. The Morgan fingerprint density at radius 2 is 1.75 bits per heavy atom. The lowest BCUT2D eigenvalue weighted by Gasteiger charge is -2.32. The van der Waals surface area contributed by atoms with Crippen molar-refractivity contribution in [1.82, 2.24) is 10.2 Å². The van der Waals surface area contributed by atoms with Crippen molar-refractivity contribution in [1.29, 1.82) is 0 Å². The number of carbonyl (C=O) groups excluding carboxylic acids is 2. The number of rotatable bonds is 11. The third-order valence-corrected chi connectivity index (χ3v) is 6.77. The van der Waals surface area contributed by atoms with Crippen molar-refractivity contribution < 1.29 is 22.9 Å². The van der Waals surface area contributed by atoms with Crippen molar-refractivity contribution in [3.8, 4) is 0 Å². The molecule has 0 heterocycles. The molecule has 2 aromatic rings. The molecule has 1 unspecified atom stereocenters. The topological polar surface area (TPSA) is 130 Å². The van der Waals surface area contributed by atoms with Gasteiger partial charge >= 0.3 is 0 Å². The number of anilines is 1. The van der Waals surface area contributed by atoms with Crippen LogP contribution in [0.3, 0.4) is 0 Å². The fourth-order valence-electron chi connectivity index (χ4n) is 3.62. The van der Waals surface area contributed by atoms with E-state index in [9.17, 15) is 28.1 Å². The largest absolute Gasteiger partial charge is 0.354 e. The summed E-state index contributed by atoms with van der Waals surface area (Å²) in [6, 6.07) is 10.4. The number of non-ortho nitro benzene ring substituents is 1. The first kappa shape index (κ1) is 28.8. The zero-order chi connectivity index (χ0) is 27.2. The smallest absolute Gasteiger partial charge is 0.271 e. The molecule has 196 valence electrons. The molecule has 0 aliphatic heterocycles. The maximum Gasteiger partial charge on any atom is 0.271 e. The molecular formula is C25H34N4O6S. The summed E-state index contributed by atoms with van der Waals surface area (Å²) in [5.74, 6) is -0.762. The first-order valence-corrected chi connectivity index (χ1v) is 13.4. The number of benzene rings is 2. The Morgan fingerprint density at radius 1 is 1.08 bits per heavy atom. The Kier molecular flexibility index (Phi) is 9.57. The fourth-order valence-corrected chi connectivity index (χ4v) is 4.52. The quantitative estimate of drug-likeness (QED) is 0.359. The molecular weight excluding hydrogens is 484 g/mol. The lowest BCUT2D eigenvalue weighted by Crippen LogP contribution is -2.51. The lowest BCUT2D eigenvalue weighted by atomic mass is 10.1. The number of amides is 2. The van der Waals surface area contributed by atoms with Gasteiger partial charge < -0.3 is 10.2 Å². The summed E-state index contributed by atoms with van der Waals surface area (Å²) in [6.45, 7) is 8.90. The van der Waals surface area contributed by atoms with Crippen LogP contribution in [0.2, 0.25) is 0 Å². The van der Waals surface area contributed by atoms with Gasteiger partial charge in [0.2, 0.25) is 21.8 Å². The minimum absolute atomic E-state index is 0.0347. The number of nitro benzene ring substituents is 1. The zero-order valence-corrected chi connectivity index (χ0v) is 22.3. The summed E-state index contributed by atoms with van der Waals surface area (Å²) >= 11 is 0. The molecule has 0 aliphatic carbocycles. The number of sulfonamides is 1. The predicted octanol–water partition coefficient (Wildman–Crippen LogP) is 3.17. The van der Waals surface area contributed by atoms with Crippen molar-refractivity contribution in [3.05, 3.63) is 69.3 Å². The summed E-state index contributed by atoms with van der Waals surface area (Å²) in [4.78, 5) is 38.4.